The largest absolute Gasteiger partial charge is 0.404 e. The van der Waals surface area contributed by atoms with Gasteiger partial charge in [0.2, 0.25) is 9.04 Å². The van der Waals surface area contributed by atoms with E-state index in [4.69, 9.17) is 18.7 Å². The molecule has 5 unspecified atom stereocenters. The molecule has 10 heteroatoms. The van der Waals surface area contributed by atoms with Crippen molar-refractivity contribution in [2.45, 2.75) is 57.5 Å². The van der Waals surface area contributed by atoms with Crippen LogP contribution < -0.4 is 27.1 Å². The maximum absolute atomic E-state index is 13.1. The van der Waals surface area contributed by atoms with E-state index in [0.717, 1.165) is 26.7 Å². The van der Waals surface area contributed by atoms with Gasteiger partial charge in [-0.25, -0.2) is 4.79 Å². The van der Waals surface area contributed by atoms with Crippen molar-refractivity contribution in [2.75, 3.05) is 6.54 Å². The smallest absolute Gasteiger partial charge is 0.330 e. The SMILES string of the molecule is CC(C)(C)C(O[SiH](c1ccccc1)c1ccccc1)C12CNOC(C(n3ccc(=O)[nH]c3=O)O1)C2OCc1ccc2ccccc2c1. The van der Waals surface area contributed by atoms with E-state index in [9.17, 15) is 9.59 Å². The van der Waals surface area contributed by atoms with Crippen molar-refractivity contribution in [3.8, 4) is 0 Å². The van der Waals surface area contributed by atoms with Crippen LogP contribution in [-0.4, -0.2) is 49.0 Å². The van der Waals surface area contributed by atoms with Crippen molar-refractivity contribution >= 4 is 30.2 Å². The maximum Gasteiger partial charge on any atom is 0.330 e. The minimum absolute atomic E-state index is 0.257. The molecule has 4 aromatic carbocycles. The van der Waals surface area contributed by atoms with Crippen LogP contribution in [0.15, 0.2) is 125 Å². The normalized spacial score (nSPS) is 23.3. The standard InChI is InChI=1S/C37H39N3O6Si/c1-36(2,3)34(46-47(28-14-6-4-7-15-28)29-16-8-5-9-17-29)37-24-38-45-31(33(44-37)40-21-20-30(41)39-35(40)42)32(37)43-23-25-18-19-26-12-10-11-13-27(26)22-25/h4-22,31-34,38,47H,23-24H2,1-3H3,(H,39,41,42). The van der Waals surface area contributed by atoms with Gasteiger partial charge < -0.3 is 13.9 Å². The molecule has 0 radical (unpaired) electrons. The summed E-state index contributed by atoms with van der Waals surface area (Å²) >= 11 is 0. The van der Waals surface area contributed by atoms with E-state index >= 15 is 0 Å². The first-order valence-electron chi connectivity index (χ1n) is 16.0. The van der Waals surface area contributed by atoms with E-state index in [1.807, 2.05) is 48.5 Å². The highest BCUT2D eigenvalue weighted by Crippen LogP contribution is 2.49. The minimum Gasteiger partial charge on any atom is -0.404 e. The first-order chi connectivity index (χ1) is 22.7. The van der Waals surface area contributed by atoms with E-state index < -0.39 is 55.8 Å². The summed E-state index contributed by atoms with van der Waals surface area (Å²) in [5.41, 5.74) is 1.54. The molecule has 0 amide bonds. The predicted octanol–water partition coefficient (Wildman–Crippen LogP) is 3.42. The van der Waals surface area contributed by atoms with Crippen molar-refractivity contribution in [3.05, 3.63) is 142 Å². The van der Waals surface area contributed by atoms with Gasteiger partial charge in [0.25, 0.3) is 5.56 Å². The Kier molecular flexibility index (Phi) is 8.56. The molecule has 2 saturated heterocycles. The molecule has 2 N–H and O–H groups in total. The number of hydroxylamine groups is 1. The van der Waals surface area contributed by atoms with E-state index in [1.165, 1.54) is 16.8 Å². The number of ether oxygens (including phenoxy) is 2. The van der Waals surface area contributed by atoms with Gasteiger partial charge in [0, 0.05) is 12.3 Å². The van der Waals surface area contributed by atoms with Gasteiger partial charge >= 0.3 is 5.69 Å². The Bertz CT molecular complexity index is 1920. The maximum atomic E-state index is 13.1. The van der Waals surface area contributed by atoms with E-state index in [-0.39, 0.29) is 6.54 Å². The van der Waals surface area contributed by atoms with Crippen LogP contribution in [0.1, 0.15) is 32.6 Å². The van der Waals surface area contributed by atoms with Crippen LogP contribution in [0.2, 0.25) is 0 Å². The molecular formula is C37H39N3O6Si. The molecule has 0 aliphatic carbocycles. The Labute approximate surface area is 274 Å². The van der Waals surface area contributed by atoms with Gasteiger partial charge in [-0.2, -0.15) is 5.48 Å². The highest BCUT2D eigenvalue weighted by Gasteiger charge is 2.66. The van der Waals surface area contributed by atoms with Crippen molar-refractivity contribution in [1.29, 1.82) is 0 Å². The third-order valence-electron chi connectivity index (χ3n) is 9.05. The third-order valence-corrected chi connectivity index (χ3v) is 11.6. The molecule has 5 atom stereocenters. The molecule has 2 fully saturated rings. The fourth-order valence-corrected chi connectivity index (χ4v) is 9.74. The van der Waals surface area contributed by atoms with Gasteiger partial charge in [0.15, 0.2) is 12.3 Å². The van der Waals surface area contributed by atoms with Crippen molar-refractivity contribution in [3.63, 3.8) is 0 Å². The fourth-order valence-electron chi connectivity index (χ4n) is 6.99. The second kappa shape index (κ2) is 12.8. The van der Waals surface area contributed by atoms with Gasteiger partial charge in [0.1, 0.15) is 11.7 Å². The highest BCUT2D eigenvalue weighted by atomic mass is 28.3. The first kappa shape index (κ1) is 31.4. The number of rotatable bonds is 9. The highest BCUT2D eigenvalue weighted by molar-refractivity contribution is 6.80. The molecule has 3 heterocycles. The van der Waals surface area contributed by atoms with Gasteiger partial charge in [-0.15, -0.1) is 0 Å². The minimum atomic E-state index is -2.28. The van der Waals surface area contributed by atoms with Gasteiger partial charge in [-0.1, -0.05) is 118 Å². The molecule has 242 valence electrons. The van der Waals surface area contributed by atoms with E-state index in [2.05, 4.69) is 85.8 Å². The molecule has 2 aliphatic rings. The first-order valence-corrected chi connectivity index (χ1v) is 17.6. The Balaban J connectivity index is 1.32. The molecule has 1 aromatic heterocycles. The lowest BCUT2D eigenvalue weighted by atomic mass is 9.75. The summed E-state index contributed by atoms with van der Waals surface area (Å²) in [6.07, 6.45) is -1.31. The summed E-state index contributed by atoms with van der Waals surface area (Å²) < 4.78 is 22.7. The molecule has 9 nitrogen and oxygen atoms in total. The number of fused-ring (bicyclic) bond motifs is 3. The van der Waals surface area contributed by atoms with Crippen LogP contribution in [0.3, 0.4) is 0 Å². The number of nitrogens with zero attached hydrogens (tertiary/aromatic N) is 1. The van der Waals surface area contributed by atoms with Crippen molar-refractivity contribution < 1.29 is 18.7 Å². The second-order valence-corrected chi connectivity index (χ2v) is 15.7. The Hall–Kier alpha value is -4.16. The van der Waals surface area contributed by atoms with Crippen molar-refractivity contribution in [2.24, 2.45) is 5.41 Å². The van der Waals surface area contributed by atoms with Crippen LogP contribution in [0.4, 0.5) is 0 Å². The lowest BCUT2D eigenvalue weighted by Crippen LogP contribution is -2.68. The summed E-state index contributed by atoms with van der Waals surface area (Å²) in [5.74, 6) is 0. The number of hydrogen-bond donors (Lipinski definition) is 2. The van der Waals surface area contributed by atoms with Crippen LogP contribution in [0.5, 0.6) is 0 Å². The summed E-state index contributed by atoms with van der Waals surface area (Å²) in [6, 6.07) is 36.5. The molecule has 5 aromatic rings. The van der Waals surface area contributed by atoms with Crippen LogP contribution in [0.25, 0.3) is 10.8 Å². The monoisotopic (exact) mass is 649 g/mol. The quantitative estimate of drug-likeness (QED) is 0.236. The Morgan fingerprint density at radius 2 is 1.55 bits per heavy atom. The molecule has 0 spiro atoms. The molecule has 2 aliphatic heterocycles. The Morgan fingerprint density at radius 3 is 2.21 bits per heavy atom. The second-order valence-electron chi connectivity index (χ2n) is 13.4. The summed E-state index contributed by atoms with van der Waals surface area (Å²) in [7, 11) is -2.28. The molecule has 2 bridgehead atoms. The number of H-pyrrole nitrogens is 1. The number of aromatic nitrogens is 2. The number of hydrogen-bond acceptors (Lipinski definition) is 7. The number of nitrogens with one attached hydrogen (secondary N) is 2. The van der Waals surface area contributed by atoms with Crippen LogP contribution in [-0.2, 0) is 25.3 Å². The predicted molar refractivity (Wildman–Crippen MR) is 183 cm³/mol. The average molecular weight is 650 g/mol. The fraction of sp³-hybridized carbons (Fsp3) is 0.297. The van der Waals surface area contributed by atoms with Gasteiger partial charge in [-0.05, 0) is 38.2 Å². The average Bonchev–Trinajstić information content (AvgIpc) is 3.23. The summed E-state index contributed by atoms with van der Waals surface area (Å²) in [4.78, 5) is 33.7. The summed E-state index contributed by atoms with van der Waals surface area (Å²) in [6.45, 7) is 6.97. The topological polar surface area (TPSA) is 104 Å². The van der Waals surface area contributed by atoms with Crippen molar-refractivity contribution in [1.82, 2.24) is 15.0 Å². The number of aromatic amines is 1. The third kappa shape index (κ3) is 6.16. The zero-order chi connectivity index (χ0) is 32.6. The van der Waals surface area contributed by atoms with E-state index in [0.29, 0.717) is 6.61 Å². The zero-order valence-corrected chi connectivity index (χ0v) is 27.8. The lowest BCUT2D eigenvalue weighted by Gasteiger charge is -2.49. The van der Waals surface area contributed by atoms with Gasteiger partial charge in [0.05, 0.1) is 19.3 Å². The van der Waals surface area contributed by atoms with Crippen LogP contribution >= 0.6 is 0 Å². The lowest BCUT2D eigenvalue weighted by molar-refractivity contribution is -0.217. The van der Waals surface area contributed by atoms with E-state index in [1.54, 1.807) is 0 Å². The zero-order valence-electron chi connectivity index (χ0n) is 26.7. The van der Waals surface area contributed by atoms with Crippen LogP contribution in [0, 0.1) is 5.41 Å². The molecule has 0 saturated carbocycles. The summed E-state index contributed by atoms with van der Waals surface area (Å²) in [5, 5.41) is 4.55. The Morgan fingerprint density at radius 1 is 0.894 bits per heavy atom. The molecule has 7 rings (SSSR count). The van der Waals surface area contributed by atoms with Gasteiger partial charge in [-0.3, -0.25) is 19.2 Å². The molecular weight excluding hydrogens is 611 g/mol. The number of benzene rings is 4. The molecule has 47 heavy (non-hydrogen) atoms.